The van der Waals surface area contributed by atoms with Gasteiger partial charge in [-0.3, -0.25) is 4.79 Å². The molecule has 0 fully saturated rings. The van der Waals surface area contributed by atoms with Gasteiger partial charge in [0.2, 0.25) is 0 Å². The summed E-state index contributed by atoms with van der Waals surface area (Å²) in [5.74, 6) is -0.151. The quantitative estimate of drug-likeness (QED) is 0.419. The molecule has 2 nitrogen and oxygen atoms in total. The number of esters is 1. The van der Waals surface area contributed by atoms with Crippen molar-refractivity contribution < 1.29 is 9.53 Å². The van der Waals surface area contributed by atoms with E-state index in [2.05, 4.69) is 13.8 Å². The zero-order valence-corrected chi connectivity index (χ0v) is 9.55. The highest BCUT2D eigenvalue weighted by Crippen LogP contribution is 2.03. The molecule has 0 saturated carbocycles. The fourth-order valence-corrected chi connectivity index (χ4v) is 1.20. The molecule has 0 aromatic heterocycles. The summed E-state index contributed by atoms with van der Waals surface area (Å²) in [7, 11) is 0. The summed E-state index contributed by atoms with van der Waals surface area (Å²) >= 11 is 0. The van der Waals surface area contributed by atoms with Gasteiger partial charge in [-0.05, 0) is 12.8 Å². The largest absolute Gasteiger partial charge is 0.465 e. The SMILES string of the molecule is CCC[CH]C(=O)OCCCCCCC. The average Bonchev–Trinajstić information content (AvgIpc) is 2.20. The van der Waals surface area contributed by atoms with Crippen LogP contribution in [0, 0.1) is 6.42 Å². The van der Waals surface area contributed by atoms with E-state index >= 15 is 0 Å². The van der Waals surface area contributed by atoms with Crippen molar-refractivity contribution in [1.82, 2.24) is 0 Å². The maximum Gasteiger partial charge on any atom is 0.309 e. The highest BCUT2D eigenvalue weighted by atomic mass is 16.5. The van der Waals surface area contributed by atoms with Crippen LogP contribution in [0.3, 0.4) is 0 Å². The standard InChI is InChI=1S/C12H23O2/c1-3-5-7-8-9-11-14-12(13)10-6-4-2/h10H,3-9,11H2,1-2H3. The van der Waals surface area contributed by atoms with Crippen molar-refractivity contribution in [2.75, 3.05) is 6.61 Å². The topological polar surface area (TPSA) is 26.3 Å². The predicted octanol–water partition coefficient (Wildman–Crippen LogP) is 3.50. The third kappa shape index (κ3) is 9.56. The second-order valence-electron chi connectivity index (χ2n) is 3.57. The van der Waals surface area contributed by atoms with Gasteiger partial charge in [-0.2, -0.15) is 0 Å². The van der Waals surface area contributed by atoms with Crippen LogP contribution in [0.2, 0.25) is 0 Å². The van der Waals surface area contributed by atoms with E-state index in [-0.39, 0.29) is 5.97 Å². The Labute approximate surface area is 88.0 Å². The Kier molecular flexibility index (Phi) is 10.2. The summed E-state index contributed by atoms with van der Waals surface area (Å²) in [5, 5.41) is 0. The van der Waals surface area contributed by atoms with Crippen molar-refractivity contribution in [2.24, 2.45) is 0 Å². The molecule has 0 aromatic carbocycles. The lowest BCUT2D eigenvalue weighted by molar-refractivity contribution is -0.139. The van der Waals surface area contributed by atoms with Crippen molar-refractivity contribution in [1.29, 1.82) is 0 Å². The van der Waals surface area contributed by atoms with Gasteiger partial charge >= 0.3 is 5.97 Å². The molecule has 0 atom stereocenters. The van der Waals surface area contributed by atoms with Gasteiger partial charge in [0.25, 0.3) is 0 Å². The summed E-state index contributed by atoms with van der Waals surface area (Å²) in [4.78, 5) is 11.0. The zero-order valence-electron chi connectivity index (χ0n) is 9.55. The Hall–Kier alpha value is -0.530. The summed E-state index contributed by atoms with van der Waals surface area (Å²) in [6.07, 6.45) is 9.44. The van der Waals surface area contributed by atoms with Gasteiger partial charge in [0.1, 0.15) is 0 Å². The minimum absolute atomic E-state index is 0.151. The minimum atomic E-state index is -0.151. The molecule has 0 heterocycles. The second kappa shape index (κ2) is 10.6. The first-order valence-corrected chi connectivity index (χ1v) is 5.81. The van der Waals surface area contributed by atoms with Crippen LogP contribution < -0.4 is 0 Å². The van der Waals surface area contributed by atoms with Crippen molar-refractivity contribution in [2.45, 2.75) is 58.8 Å². The first kappa shape index (κ1) is 13.5. The van der Waals surface area contributed by atoms with E-state index in [1.807, 2.05) is 0 Å². The van der Waals surface area contributed by atoms with Gasteiger partial charge in [0.15, 0.2) is 0 Å². The van der Waals surface area contributed by atoms with Gasteiger partial charge in [0.05, 0.1) is 13.0 Å². The molecule has 0 aliphatic heterocycles. The van der Waals surface area contributed by atoms with Gasteiger partial charge in [0, 0.05) is 0 Å². The van der Waals surface area contributed by atoms with E-state index in [0.717, 1.165) is 19.3 Å². The number of hydrogen-bond donors (Lipinski definition) is 0. The average molecular weight is 199 g/mol. The molecular formula is C12H23O2. The van der Waals surface area contributed by atoms with Gasteiger partial charge in [-0.15, -0.1) is 0 Å². The Morgan fingerprint density at radius 1 is 1.07 bits per heavy atom. The lowest BCUT2D eigenvalue weighted by Gasteiger charge is -2.03. The molecule has 0 spiro atoms. The van der Waals surface area contributed by atoms with E-state index < -0.39 is 0 Å². The van der Waals surface area contributed by atoms with E-state index in [0.29, 0.717) is 6.61 Å². The van der Waals surface area contributed by atoms with Crippen LogP contribution in [0.1, 0.15) is 58.8 Å². The Morgan fingerprint density at radius 2 is 1.79 bits per heavy atom. The fraction of sp³-hybridized carbons (Fsp3) is 0.833. The molecule has 0 N–H and O–H groups in total. The van der Waals surface area contributed by atoms with Crippen LogP contribution >= 0.6 is 0 Å². The number of hydrogen-bond acceptors (Lipinski definition) is 2. The Morgan fingerprint density at radius 3 is 2.43 bits per heavy atom. The van der Waals surface area contributed by atoms with Crippen LogP contribution in [0.4, 0.5) is 0 Å². The summed E-state index contributed by atoms with van der Waals surface area (Å²) < 4.78 is 5.03. The molecular weight excluding hydrogens is 176 g/mol. The van der Waals surface area contributed by atoms with Crippen molar-refractivity contribution in [3.63, 3.8) is 0 Å². The van der Waals surface area contributed by atoms with E-state index in [1.54, 1.807) is 6.42 Å². The summed E-state index contributed by atoms with van der Waals surface area (Å²) in [6, 6.07) is 0. The van der Waals surface area contributed by atoms with Crippen molar-refractivity contribution >= 4 is 5.97 Å². The number of carbonyl (C=O) groups excluding carboxylic acids is 1. The molecule has 14 heavy (non-hydrogen) atoms. The smallest absolute Gasteiger partial charge is 0.309 e. The van der Waals surface area contributed by atoms with Gasteiger partial charge in [-0.1, -0.05) is 46.0 Å². The van der Waals surface area contributed by atoms with Crippen LogP contribution in [-0.2, 0) is 9.53 Å². The molecule has 0 unspecified atom stereocenters. The van der Waals surface area contributed by atoms with E-state index in [1.165, 1.54) is 25.7 Å². The number of ether oxygens (including phenoxy) is 1. The number of carbonyl (C=O) groups is 1. The Balaban J connectivity index is 3.07. The van der Waals surface area contributed by atoms with Gasteiger partial charge in [-0.25, -0.2) is 0 Å². The monoisotopic (exact) mass is 199 g/mol. The van der Waals surface area contributed by atoms with E-state index in [4.69, 9.17) is 4.74 Å². The molecule has 83 valence electrons. The molecule has 0 aliphatic rings. The third-order valence-electron chi connectivity index (χ3n) is 2.09. The molecule has 0 saturated heterocycles. The molecule has 2 heteroatoms. The first-order valence-electron chi connectivity index (χ1n) is 5.81. The van der Waals surface area contributed by atoms with Crippen LogP contribution in [0.5, 0.6) is 0 Å². The van der Waals surface area contributed by atoms with Gasteiger partial charge < -0.3 is 4.74 Å². The summed E-state index contributed by atoms with van der Waals surface area (Å²) in [5.41, 5.74) is 0. The fourth-order valence-electron chi connectivity index (χ4n) is 1.20. The van der Waals surface area contributed by atoms with Crippen molar-refractivity contribution in [3.8, 4) is 0 Å². The molecule has 0 aliphatic carbocycles. The lowest BCUT2D eigenvalue weighted by Crippen LogP contribution is -2.06. The normalized spacial score (nSPS) is 10.1. The maximum absolute atomic E-state index is 11.0. The molecule has 0 bridgehead atoms. The Bertz CT molecular complexity index is 132. The van der Waals surface area contributed by atoms with Crippen LogP contribution in [-0.4, -0.2) is 12.6 Å². The van der Waals surface area contributed by atoms with Crippen LogP contribution in [0.25, 0.3) is 0 Å². The van der Waals surface area contributed by atoms with E-state index in [9.17, 15) is 4.79 Å². The number of unbranched alkanes of at least 4 members (excludes halogenated alkanes) is 5. The molecule has 1 radical (unpaired) electrons. The highest BCUT2D eigenvalue weighted by Gasteiger charge is 2.00. The molecule has 0 amide bonds. The van der Waals surface area contributed by atoms with Crippen LogP contribution in [0.15, 0.2) is 0 Å². The first-order chi connectivity index (χ1) is 6.81. The minimum Gasteiger partial charge on any atom is -0.465 e. The predicted molar refractivity (Wildman–Crippen MR) is 58.9 cm³/mol. The second-order valence-corrected chi connectivity index (χ2v) is 3.57. The van der Waals surface area contributed by atoms with Crippen molar-refractivity contribution in [3.05, 3.63) is 6.42 Å². The lowest BCUT2D eigenvalue weighted by atomic mass is 10.2. The summed E-state index contributed by atoms with van der Waals surface area (Å²) in [6.45, 7) is 4.83. The molecule has 0 rings (SSSR count). The zero-order chi connectivity index (χ0) is 10.6. The number of rotatable bonds is 9. The maximum atomic E-state index is 11.0. The molecule has 0 aromatic rings. The highest BCUT2D eigenvalue weighted by molar-refractivity contribution is 5.78. The third-order valence-corrected chi connectivity index (χ3v) is 2.09.